The van der Waals surface area contributed by atoms with Crippen LogP contribution in [0.25, 0.3) is 28.9 Å². The van der Waals surface area contributed by atoms with Crippen LogP contribution in [0, 0.1) is 0 Å². The molecule has 0 radical (unpaired) electrons. The van der Waals surface area contributed by atoms with Crippen molar-refractivity contribution in [1.29, 1.82) is 0 Å². The van der Waals surface area contributed by atoms with Crippen LogP contribution < -0.4 is 5.43 Å². The maximum atomic E-state index is 12.8. The second kappa shape index (κ2) is 6.52. The number of oxazole rings is 1. The van der Waals surface area contributed by atoms with Gasteiger partial charge >= 0.3 is 5.97 Å². The van der Waals surface area contributed by atoms with Crippen molar-refractivity contribution in [2.75, 3.05) is 6.61 Å². The first kappa shape index (κ1) is 16.9. The van der Waals surface area contributed by atoms with Crippen LogP contribution in [0.5, 0.6) is 0 Å². The average Bonchev–Trinajstić information content (AvgIpc) is 2.94. The molecule has 3 aromatic rings. The lowest BCUT2D eigenvalue weighted by Crippen LogP contribution is -2.20. The first-order valence-electron chi connectivity index (χ1n) is 7.49. The molecule has 3 aromatic heterocycles. The van der Waals surface area contributed by atoms with E-state index in [2.05, 4.69) is 16.5 Å². The zero-order valence-corrected chi connectivity index (χ0v) is 14.3. The number of carbonyl (C=O) groups excluding carboxylic acids is 1. The van der Waals surface area contributed by atoms with Crippen LogP contribution in [0.3, 0.4) is 0 Å². The molecule has 7 nitrogen and oxygen atoms in total. The van der Waals surface area contributed by atoms with E-state index in [9.17, 15) is 9.59 Å². The average molecular weight is 360 g/mol. The number of halogens is 1. The van der Waals surface area contributed by atoms with Crippen molar-refractivity contribution in [3.8, 4) is 0 Å². The molecule has 25 heavy (non-hydrogen) atoms. The number of ether oxygens (including phenoxy) is 1. The molecule has 0 amide bonds. The molecule has 8 heteroatoms. The number of nitrogens with zero attached hydrogens (tertiary/aromatic N) is 3. The lowest BCUT2D eigenvalue weighted by atomic mass is 10.2. The highest BCUT2D eigenvalue weighted by Crippen LogP contribution is 2.26. The molecule has 0 N–H and O–H groups in total. The smallest absolute Gasteiger partial charge is 0.347 e. The topological polar surface area (TPSA) is 86.7 Å². The fourth-order valence-electron chi connectivity index (χ4n) is 2.55. The summed E-state index contributed by atoms with van der Waals surface area (Å²) in [7, 11) is 0. The summed E-state index contributed by atoms with van der Waals surface area (Å²) in [5, 5.41) is 0.101. The van der Waals surface area contributed by atoms with Crippen molar-refractivity contribution >= 4 is 46.5 Å². The van der Waals surface area contributed by atoms with Crippen molar-refractivity contribution in [3.63, 3.8) is 0 Å². The molecule has 3 rings (SSSR count). The van der Waals surface area contributed by atoms with Gasteiger partial charge in [-0.05, 0) is 37.6 Å². The van der Waals surface area contributed by atoms with Gasteiger partial charge in [-0.25, -0.2) is 9.78 Å². The zero-order valence-electron chi connectivity index (χ0n) is 13.6. The maximum Gasteiger partial charge on any atom is 0.347 e. The summed E-state index contributed by atoms with van der Waals surface area (Å²) in [5.74, 6) is -0.400. The third-order valence-corrected chi connectivity index (χ3v) is 3.71. The maximum absolute atomic E-state index is 12.8. The van der Waals surface area contributed by atoms with Crippen LogP contribution in [-0.2, 0) is 4.74 Å². The molecule has 0 aliphatic heterocycles. The van der Waals surface area contributed by atoms with E-state index in [-0.39, 0.29) is 34.2 Å². The fraction of sp³-hybridized carbons (Fsp3) is 0.176. The Kier molecular flexibility index (Phi) is 4.41. The summed E-state index contributed by atoms with van der Waals surface area (Å²) in [6.07, 6.45) is 6.30. The number of fused-ring (bicyclic) bond motifs is 3. The van der Waals surface area contributed by atoms with Gasteiger partial charge in [-0.15, -0.1) is 0 Å². The molecule has 0 aromatic carbocycles. The minimum absolute atomic E-state index is 0.0220. The predicted octanol–water partition coefficient (Wildman–Crippen LogP) is 3.34. The molecule has 0 bridgehead atoms. The minimum atomic E-state index is -0.779. The van der Waals surface area contributed by atoms with Crippen LogP contribution in [-0.4, -0.2) is 26.9 Å². The predicted molar refractivity (Wildman–Crippen MR) is 94.8 cm³/mol. The van der Waals surface area contributed by atoms with Gasteiger partial charge in [0.1, 0.15) is 0 Å². The largest absolute Gasteiger partial charge is 0.462 e. The van der Waals surface area contributed by atoms with Gasteiger partial charge < -0.3 is 9.15 Å². The molecule has 0 unspecified atom stereocenters. The Morgan fingerprint density at radius 1 is 1.52 bits per heavy atom. The van der Waals surface area contributed by atoms with E-state index in [0.717, 1.165) is 0 Å². The molecule has 0 fully saturated rings. The van der Waals surface area contributed by atoms with Crippen LogP contribution >= 0.6 is 11.6 Å². The molecule has 3 heterocycles. The quantitative estimate of drug-likeness (QED) is 0.524. The van der Waals surface area contributed by atoms with Crippen LogP contribution in [0.4, 0.5) is 0 Å². The van der Waals surface area contributed by atoms with E-state index in [4.69, 9.17) is 20.8 Å². The molecule has 0 spiro atoms. The number of esters is 1. The van der Waals surface area contributed by atoms with E-state index in [0.29, 0.717) is 11.5 Å². The Hall–Kier alpha value is -2.93. The van der Waals surface area contributed by atoms with Gasteiger partial charge in [0.2, 0.25) is 16.4 Å². The van der Waals surface area contributed by atoms with Gasteiger partial charge in [-0.1, -0.05) is 12.7 Å². The van der Waals surface area contributed by atoms with Gasteiger partial charge in [0, 0.05) is 6.20 Å². The molecule has 0 atom stereocenters. The standard InChI is InChI=1S/C17H14ClN3O4/c1-4-7-10-11(5-2)25-15-12(16(23)24-6-3)13(22)9-8-19-17(18)20-14(9)21(10)15/h4-5,7-8H,2,6H2,1,3H3/b7-4-. The summed E-state index contributed by atoms with van der Waals surface area (Å²) in [4.78, 5) is 33.1. The number of pyridine rings is 1. The summed E-state index contributed by atoms with van der Waals surface area (Å²) in [5.41, 5.74) is 0.0187. The Bertz CT molecular complexity index is 1090. The first-order chi connectivity index (χ1) is 12.0. The number of hydrogen-bond donors (Lipinski definition) is 0. The molecule has 0 aliphatic carbocycles. The van der Waals surface area contributed by atoms with E-state index in [1.165, 1.54) is 16.7 Å². The molecular formula is C17H14ClN3O4. The summed E-state index contributed by atoms with van der Waals surface area (Å²) >= 11 is 5.90. The van der Waals surface area contributed by atoms with Gasteiger partial charge in [0.05, 0.1) is 17.7 Å². The first-order valence-corrected chi connectivity index (χ1v) is 7.87. The fourth-order valence-corrected chi connectivity index (χ4v) is 2.68. The number of rotatable bonds is 4. The second-order valence-electron chi connectivity index (χ2n) is 5.00. The third-order valence-electron chi connectivity index (χ3n) is 3.53. The van der Waals surface area contributed by atoms with Crippen LogP contribution in [0.1, 0.15) is 35.7 Å². The number of hydrogen-bond acceptors (Lipinski definition) is 6. The SMILES string of the molecule is C=Cc1oc2c(C(=O)OCC)c(=O)c3cnc(Cl)nc3n2c1/C=C\C. The monoisotopic (exact) mass is 359 g/mol. The number of aromatic nitrogens is 3. The summed E-state index contributed by atoms with van der Waals surface area (Å²) in [6.45, 7) is 7.30. The van der Waals surface area contributed by atoms with Gasteiger partial charge in [-0.2, -0.15) is 4.98 Å². The Morgan fingerprint density at radius 3 is 2.92 bits per heavy atom. The lowest BCUT2D eigenvalue weighted by molar-refractivity contribution is 0.0525. The van der Waals surface area contributed by atoms with Crippen molar-refractivity contribution in [2.24, 2.45) is 0 Å². The molecular weight excluding hydrogens is 346 g/mol. The molecule has 128 valence electrons. The van der Waals surface area contributed by atoms with Crippen molar-refractivity contribution < 1.29 is 13.9 Å². The second-order valence-corrected chi connectivity index (χ2v) is 5.34. The highest BCUT2D eigenvalue weighted by atomic mass is 35.5. The van der Waals surface area contributed by atoms with E-state index in [1.807, 2.05) is 6.92 Å². The highest BCUT2D eigenvalue weighted by molar-refractivity contribution is 6.28. The minimum Gasteiger partial charge on any atom is -0.462 e. The van der Waals surface area contributed by atoms with Crippen molar-refractivity contribution in [3.05, 3.63) is 51.4 Å². The molecule has 0 aliphatic rings. The Morgan fingerprint density at radius 2 is 2.28 bits per heavy atom. The lowest BCUT2D eigenvalue weighted by Gasteiger charge is -2.06. The highest BCUT2D eigenvalue weighted by Gasteiger charge is 2.26. The summed E-state index contributed by atoms with van der Waals surface area (Å²) < 4.78 is 12.3. The van der Waals surface area contributed by atoms with E-state index in [1.54, 1.807) is 19.1 Å². The molecule has 0 saturated carbocycles. The van der Waals surface area contributed by atoms with Gasteiger partial charge in [-0.3, -0.25) is 9.20 Å². The van der Waals surface area contributed by atoms with Crippen LogP contribution in [0.2, 0.25) is 5.28 Å². The Balaban J connectivity index is 2.61. The van der Waals surface area contributed by atoms with Crippen molar-refractivity contribution in [2.45, 2.75) is 13.8 Å². The van der Waals surface area contributed by atoms with Crippen molar-refractivity contribution in [1.82, 2.24) is 14.4 Å². The van der Waals surface area contributed by atoms with E-state index < -0.39 is 11.4 Å². The number of allylic oxidation sites excluding steroid dienone is 1. The Labute approximate surface area is 147 Å². The normalized spacial score (nSPS) is 11.5. The van der Waals surface area contributed by atoms with E-state index >= 15 is 0 Å². The number of carbonyl (C=O) groups is 1. The molecule has 0 saturated heterocycles. The summed E-state index contributed by atoms with van der Waals surface area (Å²) in [6, 6.07) is 0. The van der Waals surface area contributed by atoms with Gasteiger partial charge in [0.15, 0.2) is 17.0 Å². The van der Waals surface area contributed by atoms with Gasteiger partial charge in [0.25, 0.3) is 0 Å². The zero-order chi connectivity index (χ0) is 18.1. The van der Waals surface area contributed by atoms with Crippen LogP contribution in [0.15, 0.2) is 28.1 Å². The third kappa shape index (κ3) is 2.62.